The van der Waals surface area contributed by atoms with Gasteiger partial charge in [0.25, 0.3) is 0 Å². The molecule has 136 valence electrons. The Morgan fingerprint density at radius 1 is 0.885 bits per heavy atom. The molecule has 26 heavy (non-hydrogen) atoms. The highest BCUT2D eigenvalue weighted by atomic mass is 19.2. The van der Waals surface area contributed by atoms with Crippen molar-refractivity contribution < 1.29 is 13.2 Å². The zero-order chi connectivity index (χ0) is 18.3. The van der Waals surface area contributed by atoms with Crippen LogP contribution in [0.4, 0.5) is 13.2 Å². The minimum absolute atomic E-state index is 0.0458. The minimum atomic E-state index is -1.38. The first kappa shape index (κ1) is 17.4. The molecule has 2 aliphatic carbocycles. The van der Waals surface area contributed by atoms with E-state index in [0.717, 1.165) is 44.2 Å². The van der Waals surface area contributed by atoms with Gasteiger partial charge in [0, 0.05) is 0 Å². The summed E-state index contributed by atoms with van der Waals surface area (Å²) in [5.41, 5.74) is 6.25. The van der Waals surface area contributed by atoms with Gasteiger partial charge in [-0.2, -0.15) is 0 Å². The molecule has 0 amide bonds. The molecule has 0 unspecified atom stereocenters. The number of fused-ring (bicyclic) bond motifs is 3. The van der Waals surface area contributed by atoms with E-state index in [1.807, 2.05) is 0 Å². The Bertz CT molecular complexity index is 843. The molecule has 2 aliphatic rings. The summed E-state index contributed by atoms with van der Waals surface area (Å²) in [5, 5.41) is 0. The van der Waals surface area contributed by atoms with Gasteiger partial charge in [-0.25, -0.2) is 13.2 Å². The highest BCUT2D eigenvalue weighted by Gasteiger charge is 2.27. The van der Waals surface area contributed by atoms with Crippen molar-refractivity contribution in [2.45, 2.75) is 51.4 Å². The summed E-state index contributed by atoms with van der Waals surface area (Å²) in [6.07, 6.45) is 10.4. The molecule has 0 radical (unpaired) electrons. The molecule has 0 saturated carbocycles. The maximum atomic E-state index is 13.6. The summed E-state index contributed by atoms with van der Waals surface area (Å²) < 4.78 is 40.4. The Balaban J connectivity index is 1.61. The van der Waals surface area contributed by atoms with Gasteiger partial charge in [0.2, 0.25) is 0 Å². The third-order valence-electron chi connectivity index (χ3n) is 6.02. The van der Waals surface area contributed by atoms with Crippen molar-refractivity contribution in [2.75, 3.05) is 0 Å². The van der Waals surface area contributed by atoms with Crippen LogP contribution in [0.1, 0.15) is 53.5 Å². The summed E-state index contributed by atoms with van der Waals surface area (Å²) in [6.45, 7) is 2.07. The molecule has 3 heteroatoms. The van der Waals surface area contributed by atoms with Gasteiger partial charge >= 0.3 is 0 Å². The maximum Gasteiger partial charge on any atom is 0.194 e. The van der Waals surface area contributed by atoms with Crippen LogP contribution in [0, 0.1) is 23.4 Å². The zero-order valence-electron chi connectivity index (χ0n) is 15.0. The van der Waals surface area contributed by atoms with Crippen molar-refractivity contribution in [3.63, 3.8) is 0 Å². The van der Waals surface area contributed by atoms with Crippen LogP contribution in [-0.2, 0) is 25.7 Å². The lowest BCUT2D eigenvalue weighted by Crippen LogP contribution is -2.20. The molecule has 0 N–H and O–H groups in total. The number of benzene rings is 2. The monoisotopic (exact) mass is 356 g/mol. The van der Waals surface area contributed by atoms with Gasteiger partial charge < -0.3 is 0 Å². The Labute approximate surface area is 152 Å². The average Bonchev–Trinajstić information content (AvgIpc) is 2.65. The van der Waals surface area contributed by atoms with Gasteiger partial charge in [0.1, 0.15) is 0 Å². The van der Waals surface area contributed by atoms with Crippen molar-refractivity contribution in [1.29, 1.82) is 0 Å². The summed E-state index contributed by atoms with van der Waals surface area (Å²) in [4.78, 5) is 0. The first-order valence-electron chi connectivity index (χ1n) is 9.46. The second kappa shape index (κ2) is 6.94. The molecule has 2 atom stereocenters. The van der Waals surface area contributed by atoms with Crippen LogP contribution in [0.2, 0.25) is 0 Å². The van der Waals surface area contributed by atoms with Gasteiger partial charge in [-0.15, -0.1) is 0 Å². The molecule has 2 aromatic rings. The summed E-state index contributed by atoms with van der Waals surface area (Å²) in [5.74, 6) is -2.89. The molecule has 0 nitrogen and oxygen atoms in total. The van der Waals surface area contributed by atoms with Gasteiger partial charge in [0.05, 0.1) is 0 Å². The lowest BCUT2D eigenvalue weighted by atomic mass is 9.74. The van der Waals surface area contributed by atoms with Crippen molar-refractivity contribution >= 4 is 0 Å². The Morgan fingerprint density at radius 3 is 2.15 bits per heavy atom. The lowest BCUT2D eigenvalue weighted by molar-refractivity contribution is 0.441. The van der Waals surface area contributed by atoms with Crippen molar-refractivity contribution in [2.24, 2.45) is 5.92 Å². The molecule has 2 aromatic carbocycles. The van der Waals surface area contributed by atoms with Crippen LogP contribution in [0.15, 0.2) is 36.4 Å². The summed E-state index contributed by atoms with van der Waals surface area (Å²) in [6, 6.07) is 6.74. The van der Waals surface area contributed by atoms with Crippen molar-refractivity contribution in [1.82, 2.24) is 0 Å². The van der Waals surface area contributed by atoms with Crippen molar-refractivity contribution in [3.8, 4) is 0 Å². The fraction of sp³-hybridized carbons (Fsp3) is 0.391. The fourth-order valence-corrected chi connectivity index (χ4v) is 4.73. The normalized spacial score (nSPS) is 22.3. The smallest absolute Gasteiger partial charge is 0.194 e. The Morgan fingerprint density at radius 2 is 1.50 bits per heavy atom. The topological polar surface area (TPSA) is 0 Å². The van der Waals surface area contributed by atoms with E-state index < -0.39 is 17.5 Å². The van der Waals surface area contributed by atoms with E-state index in [9.17, 15) is 13.2 Å². The van der Waals surface area contributed by atoms with Crippen LogP contribution in [0.3, 0.4) is 0 Å². The molecule has 4 rings (SSSR count). The molecule has 0 aliphatic heterocycles. The van der Waals surface area contributed by atoms with E-state index in [1.54, 1.807) is 0 Å². The molecule has 0 aromatic heterocycles. The van der Waals surface area contributed by atoms with E-state index >= 15 is 0 Å². The SMILES string of the molecule is CC=C[C@H]1CCc2c(ccc3c2CC[C@H](c2cc(F)c(F)c(F)c2)C3)C1. The van der Waals surface area contributed by atoms with E-state index in [4.69, 9.17) is 0 Å². The second-order valence-electron chi connectivity index (χ2n) is 7.61. The van der Waals surface area contributed by atoms with Crippen molar-refractivity contribution in [3.05, 3.63) is 81.7 Å². The van der Waals surface area contributed by atoms with E-state index in [1.165, 1.54) is 28.7 Å². The lowest BCUT2D eigenvalue weighted by Gasteiger charge is -2.31. The molecular formula is C23H23F3. The summed E-state index contributed by atoms with van der Waals surface area (Å²) >= 11 is 0. The van der Waals surface area contributed by atoms with Crippen LogP contribution < -0.4 is 0 Å². The van der Waals surface area contributed by atoms with E-state index in [0.29, 0.717) is 11.5 Å². The number of hydrogen-bond acceptors (Lipinski definition) is 0. The number of rotatable bonds is 2. The standard InChI is InChI=1S/C23H23F3/c1-2-3-14-4-8-19-16(10-14)5-6-17-11-15(7-9-20(17)19)18-12-21(24)23(26)22(25)13-18/h2-3,5-6,12-15H,4,7-11H2,1H3/t14-,15-/m0/s1. The predicted molar refractivity (Wildman–Crippen MR) is 97.9 cm³/mol. The highest BCUT2D eigenvalue weighted by Crippen LogP contribution is 2.39. The van der Waals surface area contributed by atoms with Gasteiger partial charge in [-0.3, -0.25) is 0 Å². The molecule has 0 bridgehead atoms. The van der Waals surface area contributed by atoms with Gasteiger partial charge in [0.15, 0.2) is 17.5 Å². The third kappa shape index (κ3) is 3.08. The average molecular weight is 356 g/mol. The highest BCUT2D eigenvalue weighted by molar-refractivity contribution is 5.46. The predicted octanol–water partition coefficient (Wildman–Crippen LogP) is 6.06. The van der Waals surface area contributed by atoms with E-state index in [2.05, 4.69) is 31.2 Å². The first-order valence-corrected chi connectivity index (χ1v) is 9.46. The molecule has 0 fully saturated rings. The third-order valence-corrected chi connectivity index (χ3v) is 6.02. The van der Waals surface area contributed by atoms with E-state index in [-0.39, 0.29) is 5.92 Å². The second-order valence-corrected chi connectivity index (χ2v) is 7.61. The fourth-order valence-electron chi connectivity index (χ4n) is 4.73. The van der Waals surface area contributed by atoms with Crippen LogP contribution in [-0.4, -0.2) is 0 Å². The van der Waals surface area contributed by atoms with Crippen LogP contribution in [0.25, 0.3) is 0 Å². The van der Waals surface area contributed by atoms with Crippen LogP contribution in [0.5, 0.6) is 0 Å². The number of hydrogen-bond donors (Lipinski definition) is 0. The summed E-state index contributed by atoms with van der Waals surface area (Å²) in [7, 11) is 0. The number of allylic oxidation sites excluding steroid dienone is 2. The first-order chi connectivity index (χ1) is 12.6. The molecule has 0 heterocycles. The Hall–Kier alpha value is -2.03. The van der Waals surface area contributed by atoms with Crippen LogP contribution >= 0.6 is 0 Å². The minimum Gasteiger partial charge on any atom is -0.204 e. The molecule has 0 spiro atoms. The quantitative estimate of drug-likeness (QED) is 0.453. The number of halogens is 3. The Kier molecular flexibility index (Phi) is 4.64. The zero-order valence-corrected chi connectivity index (χ0v) is 15.0. The van der Waals surface area contributed by atoms with Gasteiger partial charge in [-0.1, -0.05) is 24.3 Å². The molecule has 0 saturated heterocycles. The maximum absolute atomic E-state index is 13.6. The largest absolute Gasteiger partial charge is 0.204 e. The molecular weight excluding hydrogens is 333 g/mol. The van der Waals surface area contributed by atoms with Gasteiger partial charge in [-0.05, 0) is 97.2 Å².